The molecule has 0 aliphatic heterocycles. The molecular formula is C13H8Br2N4O. The number of aromatic nitrogens is 3. The fourth-order valence-electron chi connectivity index (χ4n) is 1.70. The Kier molecular flexibility index (Phi) is 3.54. The highest BCUT2D eigenvalue weighted by Gasteiger charge is 2.16. The first-order valence-electron chi connectivity index (χ1n) is 5.66. The van der Waals surface area contributed by atoms with Gasteiger partial charge in [-0.3, -0.25) is 4.98 Å². The first-order chi connectivity index (χ1) is 9.66. The first kappa shape index (κ1) is 13.3. The van der Waals surface area contributed by atoms with E-state index in [-0.39, 0.29) is 0 Å². The molecule has 100 valence electrons. The Labute approximate surface area is 131 Å². The molecule has 1 aromatic carbocycles. The van der Waals surface area contributed by atoms with E-state index in [2.05, 4.69) is 47.0 Å². The average Bonchev–Trinajstić information content (AvgIpc) is 2.92. The lowest BCUT2D eigenvalue weighted by molar-refractivity contribution is 0.432. The normalized spacial score (nSPS) is 10.7. The van der Waals surface area contributed by atoms with Gasteiger partial charge in [0.15, 0.2) is 0 Å². The number of rotatable bonds is 2. The lowest BCUT2D eigenvalue weighted by atomic mass is 10.2. The Hall–Kier alpha value is -1.73. The van der Waals surface area contributed by atoms with Crippen LogP contribution in [0.4, 0.5) is 5.69 Å². The van der Waals surface area contributed by atoms with Gasteiger partial charge in [0.25, 0.3) is 5.89 Å². The molecule has 20 heavy (non-hydrogen) atoms. The second-order valence-corrected chi connectivity index (χ2v) is 5.67. The van der Waals surface area contributed by atoms with Crippen molar-refractivity contribution in [3.63, 3.8) is 0 Å². The van der Waals surface area contributed by atoms with Crippen LogP contribution in [0.25, 0.3) is 23.0 Å². The fourth-order valence-corrected chi connectivity index (χ4v) is 2.50. The number of para-hydroxylation sites is 1. The van der Waals surface area contributed by atoms with Crippen molar-refractivity contribution in [1.29, 1.82) is 0 Å². The highest BCUT2D eigenvalue weighted by Crippen LogP contribution is 2.32. The second kappa shape index (κ2) is 5.34. The molecule has 0 bridgehead atoms. The molecule has 2 N–H and O–H groups in total. The zero-order valence-corrected chi connectivity index (χ0v) is 13.2. The predicted molar refractivity (Wildman–Crippen MR) is 82.8 cm³/mol. The number of halogens is 2. The molecule has 7 heteroatoms. The third-order valence-corrected chi connectivity index (χ3v) is 4.01. The first-order valence-corrected chi connectivity index (χ1v) is 7.24. The van der Waals surface area contributed by atoms with E-state index in [4.69, 9.17) is 10.3 Å². The zero-order chi connectivity index (χ0) is 14.1. The molecule has 0 spiro atoms. The Morgan fingerprint density at radius 3 is 2.65 bits per heavy atom. The van der Waals surface area contributed by atoms with Gasteiger partial charge >= 0.3 is 0 Å². The van der Waals surface area contributed by atoms with Crippen LogP contribution in [-0.2, 0) is 0 Å². The van der Waals surface area contributed by atoms with Crippen molar-refractivity contribution in [2.75, 3.05) is 5.73 Å². The van der Waals surface area contributed by atoms with E-state index < -0.39 is 0 Å². The highest BCUT2D eigenvalue weighted by molar-refractivity contribution is 9.11. The van der Waals surface area contributed by atoms with Crippen molar-refractivity contribution in [3.8, 4) is 23.0 Å². The van der Waals surface area contributed by atoms with Crippen molar-refractivity contribution in [2.45, 2.75) is 0 Å². The van der Waals surface area contributed by atoms with Crippen LogP contribution in [0.5, 0.6) is 0 Å². The van der Waals surface area contributed by atoms with E-state index in [0.717, 1.165) is 8.95 Å². The van der Waals surface area contributed by atoms with Crippen LogP contribution >= 0.6 is 31.9 Å². The monoisotopic (exact) mass is 394 g/mol. The molecule has 0 unspecified atom stereocenters. The number of anilines is 1. The lowest BCUT2D eigenvalue weighted by Crippen LogP contribution is -1.91. The average molecular weight is 396 g/mol. The summed E-state index contributed by atoms with van der Waals surface area (Å²) < 4.78 is 6.86. The number of nitrogen functional groups attached to an aromatic ring is 1. The fraction of sp³-hybridized carbons (Fsp3) is 0. The minimum absolute atomic E-state index is 0.358. The molecule has 2 aromatic heterocycles. The van der Waals surface area contributed by atoms with Crippen LogP contribution in [0.1, 0.15) is 0 Å². The molecular weight excluding hydrogens is 388 g/mol. The Balaban J connectivity index is 2.07. The summed E-state index contributed by atoms with van der Waals surface area (Å²) in [5, 5.41) is 3.94. The zero-order valence-electron chi connectivity index (χ0n) is 10.0. The van der Waals surface area contributed by atoms with Crippen molar-refractivity contribution < 1.29 is 4.52 Å². The molecule has 3 aromatic rings. The van der Waals surface area contributed by atoms with Crippen molar-refractivity contribution in [1.82, 2.24) is 15.1 Å². The number of nitrogens with zero attached hydrogens (tertiary/aromatic N) is 3. The van der Waals surface area contributed by atoms with Gasteiger partial charge in [-0.1, -0.05) is 11.2 Å². The predicted octanol–water partition coefficient (Wildman–Crippen LogP) is 3.91. The van der Waals surface area contributed by atoms with Crippen LogP contribution in [-0.4, -0.2) is 15.1 Å². The number of pyridine rings is 1. The van der Waals surface area contributed by atoms with E-state index in [1.54, 1.807) is 6.20 Å². The second-order valence-electron chi connectivity index (χ2n) is 3.96. The molecule has 0 radical (unpaired) electrons. The van der Waals surface area contributed by atoms with Crippen molar-refractivity contribution in [2.24, 2.45) is 0 Å². The van der Waals surface area contributed by atoms with Crippen LogP contribution in [0.15, 0.2) is 50.0 Å². The van der Waals surface area contributed by atoms with Crippen molar-refractivity contribution in [3.05, 3.63) is 45.5 Å². The van der Waals surface area contributed by atoms with Gasteiger partial charge in [0.2, 0.25) is 5.82 Å². The molecule has 0 amide bonds. The molecule has 2 heterocycles. The number of hydrogen-bond donors (Lipinski definition) is 1. The maximum Gasteiger partial charge on any atom is 0.260 e. The van der Waals surface area contributed by atoms with Gasteiger partial charge in [0.05, 0.1) is 11.3 Å². The maximum absolute atomic E-state index is 5.99. The quantitative estimate of drug-likeness (QED) is 0.665. The van der Waals surface area contributed by atoms with Crippen LogP contribution in [0.3, 0.4) is 0 Å². The summed E-state index contributed by atoms with van der Waals surface area (Å²) in [5.74, 6) is 0.767. The minimum Gasteiger partial charge on any atom is -0.397 e. The smallest absolute Gasteiger partial charge is 0.260 e. The topological polar surface area (TPSA) is 77.8 Å². The van der Waals surface area contributed by atoms with Gasteiger partial charge in [-0.25, -0.2) is 0 Å². The molecule has 0 saturated carbocycles. The minimum atomic E-state index is 0.358. The van der Waals surface area contributed by atoms with Gasteiger partial charge in [-0.05, 0) is 56.1 Å². The molecule has 0 aliphatic carbocycles. The third-order valence-electron chi connectivity index (χ3n) is 2.68. The van der Waals surface area contributed by atoms with Crippen molar-refractivity contribution >= 4 is 37.5 Å². The van der Waals surface area contributed by atoms with E-state index in [1.165, 1.54) is 0 Å². The summed E-state index contributed by atoms with van der Waals surface area (Å²) in [6.45, 7) is 0. The van der Waals surface area contributed by atoms with Gasteiger partial charge in [0, 0.05) is 15.1 Å². The van der Waals surface area contributed by atoms with Gasteiger partial charge in [-0.15, -0.1) is 0 Å². The van der Waals surface area contributed by atoms with E-state index in [0.29, 0.717) is 28.7 Å². The summed E-state index contributed by atoms with van der Waals surface area (Å²) in [7, 11) is 0. The molecule has 0 aliphatic rings. The molecule has 0 saturated heterocycles. The van der Waals surface area contributed by atoms with E-state index in [9.17, 15) is 0 Å². The summed E-state index contributed by atoms with van der Waals surface area (Å²) in [4.78, 5) is 8.57. The number of benzene rings is 1. The van der Waals surface area contributed by atoms with E-state index in [1.807, 2.05) is 30.3 Å². The summed E-state index contributed by atoms with van der Waals surface area (Å²) in [5.41, 5.74) is 7.86. The Morgan fingerprint density at radius 1 is 1.05 bits per heavy atom. The van der Waals surface area contributed by atoms with Gasteiger partial charge < -0.3 is 10.3 Å². The van der Waals surface area contributed by atoms with Crippen LogP contribution < -0.4 is 5.73 Å². The molecule has 0 atom stereocenters. The van der Waals surface area contributed by atoms with Crippen LogP contribution in [0, 0.1) is 0 Å². The molecule has 3 rings (SSSR count). The Bertz CT molecular complexity index is 773. The van der Waals surface area contributed by atoms with E-state index >= 15 is 0 Å². The van der Waals surface area contributed by atoms with Crippen LogP contribution in [0.2, 0.25) is 0 Å². The largest absolute Gasteiger partial charge is 0.397 e. The van der Waals surface area contributed by atoms with Gasteiger partial charge in [0.1, 0.15) is 5.69 Å². The molecule has 5 nitrogen and oxygen atoms in total. The highest BCUT2D eigenvalue weighted by atomic mass is 79.9. The summed E-state index contributed by atoms with van der Waals surface area (Å²) in [6, 6.07) is 9.22. The summed E-state index contributed by atoms with van der Waals surface area (Å²) in [6.07, 6.45) is 1.67. The summed E-state index contributed by atoms with van der Waals surface area (Å²) >= 11 is 6.78. The lowest BCUT2D eigenvalue weighted by Gasteiger charge is -2.01. The Morgan fingerprint density at radius 2 is 1.85 bits per heavy atom. The number of hydrogen-bond acceptors (Lipinski definition) is 5. The number of nitrogens with two attached hydrogens (primary N) is 1. The SMILES string of the molecule is Nc1c(Br)cccc1-c1nc(-c2ncccc2Br)no1. The standard InChI is InChI=1S/C13H8Br2N4O/c14-8-4-1-3-7(10(8)16)13-18-12(19-20-13)11-9(15)5-2-6-17-11/h1-6H,16H2. The van der Waals surface area contributed by atoms with Gasteiger partial charge in [-0.2, -0.15) is 4.98 Å². The third kappa shape index (κ3) is 2.34. The molecule has 0 fully saturated rings. The maximum atomic E-state index is 5.99.